The van der Waals surface area contributed by atoms with E-state index in [1.54, 1.807) is 12.1 Å². The van der Waals surface area contributed by atoms with Crippen molar-refractivity contribution in [3.8, 4) is 0 Å². The molecule has 1 aromatic rings. The summed E-state index contributed by atoms with van der Waals surface area (Å²) in [5.41, 5.74) is 5.47. The largest absolute Gasteiger partial charge is 0.441 e. The highest BCUT2D eigenvalue weighted by atomic mass is 16.6. The number of hydrazone groups is 1. The molecule has 8 nitrogen and oxygen atoms in total. The number of cyclic esters (lactones) is 1. The van der Waals surface area contributed by atoms with Gasteiger partial charge in [0.15, 0.2) is 5.88 Å². The second-order valence-electron chi connectivity index (χ2n) is 4.99. The van der Waals surface area contributed by atoms with Crippen molar-refractivity contribution in [3.63, 3.8) is 0 Å². The summed E-state index contributed by atoms with van der Waals surface area (Å²) in [4.78, 5) is 14.0. The fraction of sp³-hybridized carbons (Fsp3) is 0.538. The van der Waals surface area contributed by atoms with Crippen LogP contribution >= 0.6 is 0 Å². The van der Waals surface area contributed by atoms with Gasteiger partial charge in [-0.25, -0.2) is 4.79 Å². The van der Waals surface area contributed by atoms with E-state index in [0.717, 1.165) is 26.3 Å². The van der Waals surface area contributed by atoms with Gasteiger partial charge in [0.25, 0.3) is 0 Å². The van der Waals surface area contributed by atoms with Crippen LogP contribution in [0.1, 0.15) is 5.76 Å². The molecule has 2 saturated heterocycles. The fourth-order valence-corrected chi connectivity index (χ4v) is 2.33. The number of nitrogens with two attached hydrogens (primary N) is 1. The minimum Gasteiger partial charge on any atom is -0.441 e. The van der Waals surface area contributed by atoms with Crippen molar-refractivity contribution in [2.24, 2.45) is 5.10 Å². The van der Waals surface area contributed by atoms with Crippen LogP contribution in [0.5, 0.6) is 0 Å². The quantitative estimate of drug-likeness (QED) is 0.805. The molecule has 2 aliphatic heterocycles. The van der Waals surface area contributed by atoms with E-state index in [1.165, 1.54) is 11.2 Å². The van der Waals surface area contributed by atoms with Crippen molar-refractivity contribution in [3.05, 3.63) is 17.9 Å². The zero-order chi connectivity index (χ0) is 14.7. The Balaban J connectivity index is 1.53. The Kier molecular flexibility index (Phi) is 4.07. The number of hydrogen-bond acceptors (Lipinski definition) is 7. The Morgan fingerprint density at radius 1 is 1.38 bits per heavy atom. The van der Waals surface area contributed by atoms with Crippen LogP contribution in [0.15, 0.2) is 21.7 Å². The lowest BCUT2D eigenvalue weighted by Crippen LogP contribution is -2.41. The fourth-order valence-electron chi connectivity index (χ4n) is 2.33. The molecular formula is C13H18N4O4. The minimum absolute atomic E-state index is 0.172. The van der Waals surface area contributed by atoms with Crippen molar-refractivity contribution in [1.29, 1.82) is 0 Å². The monoisotopic (exact) mass is 294 g/mol. The third kappa shape index (κ3) is 3.53. The number of furan rings is 1. The topological polar surface area (TPSA) is 93.5 Å². The van der Waals surface area contributed by atoms with Crippen LogP contribution in [-0.2, 0) is 9.47 Å². The van der Waals surface area contributed by atoms with Gasteiger partial charge in [0, 0.05) is 25.7 Å². The second kappa shape index (κ2) is 6.15. The van der Waals surface area contributed by atoms with Crippen LogP contribution in [0, 0.1) is 0 Å². The van der Waals surface area contributed by atoms with Gasteiger partial charge in [0.1, 0.15) is 11.9 Å². The van der Waals surface area contributed by atoms with Gasteiger partial charge in [-0.05, 0) is 6.07 Å². The number of carbonyl (C=O) groups excluding carboxylic acids is 1. The number of ether oxygens (including phenoxy) is 2. The van der Waals surface area contributed by atoms with E-state index in [0.29, 0.717) is 24.7 Å². The smallest absolute Gasteiger partial charge is 0.430 e. The van der Waals surface area contributed by atoms with E-state index in [2.05, 4.69) is 10.0 Å². The molecule has 1 amide bonds. The number of morpholine rings is 1. The zero-order valence-electron chi connectivity index (χ0n) is 11.6. The number of amides is 1. The van der Waals surface area contributed by atoms with Crippen molar-refractivity contribution >= 4 is 18.2 Å². The Morgan fingerprint density at radius 2 is 2.19 bits per heavy atom. The molecule has 1 atom stereocenters. The molecular weight excluding hydrogens is 276 g/mol. The van der Waals surface area contributed by atoms with Crippen molar-refractivity contribution < 1.29 is 18.7 Å². The molecule has 0 bridgehead atoms. The van der Waals surface area contributed by atoms with Crippen LogP contribution < -0.4 is 5.73 Å². The van der Waals surface area contributed by atoms with Crippen LogP contribution in [0.4, 0.5) is 10.7 Å². The van der Waals surface area contributed by atoms with Crippen molar-refractivity contribution in [2.75, 3.05) is 45.1 Å². The average molecular weight is 294 g/mol. The molecule has 3 heterocycles. The molecule has 0 radical (unpaired) electrons. The lowest BCUT2D eigenvalue weighted by molar-refractivity contribution is 0.0188. The molecule has 1 aromatic heterocycles. The highest BCUT2D eigenvalue weighted by Crippen LogP contribution is 2.14. The van der Waals surface area contributed by atoms with Gasteiger partial charge in [0.05, 0.1) is 26.0 Å². The van der Waals surface area contributed by atoms with Gasteiger partial charge in [-0.2, -0.15) is 10.1 Å². The van der Waals surface area contributed by atoms with E-state index in [1.807, 2.05) is 0 Å². The molecule has 2 fully saturated rings. The van der Waals surface area contributed by atoms with Gasteiger partial charge in [0.2, 0.25) is 0 Å². The normalized spacial score (nSPS) is 23.9. The first kappa shape index (κ1) is 13.9. The summed E-state index contributed by atoms with van der Waals surface area (Å²) < 4.78 is 15.8. The predicted octanol–water partition coefficient (Wildman–Crippen LogP) is 0.349. The summed E-state index contributed by atoms with van der Waals surface area (Å²) >= 11 is 0. The minimum atomic E-state index is -0.441. The van der Waals surface area contributed by atoms with E-state index >= 15 is 0 Å². The summed E-state index contributed by atoms with van der Waals surface area (Å²) in [6.07, 6.45) is 0.841. The summed E-state index contributed by atoms with van der Waals surface area (Å²) in [5.74, 6) is 0.808. The van der Waals surface area contributed by atoms with E-state index in [9.17, 15) is 4.79 Å². The summed E-state index contributed by atoms with van der Waals surface area (Å²) in [6, 6.07) is 3.32. The number of anilines is 1. The maximum Gasteiger partial charge on any atom is 0.430 e. The first-order valence-corrected chi connectivity index (χ1v) is 6.88. The van der Waals surface area contributed by atoms with Gasteiger partial charge in [-0.3, -0.25) is 4.90 Å². The molecule has 0 aliphatic carbocycles. The first-order chi connectivity index (χ1) is 10.2. The highest BCUT2D eigenvalue weighted by molar-refractivity contribution is 5.78. The van der Waals surface area contributed by atoms with Crippen LogP contribution in [0.3, 0.4) is 0 Å². The predicted molar refractivity (Wildman–Crippen MR) is 74.9 cm³/mol. The Hall–Kier alpha value is -2.06. The molecule has 1 unspecified atom stereocenters. The Bertz CT molecular complexity index is 524. The third-order valence-electron chi connectivity index (χ3n) is 3.39. The molecule has 3 rings (SSSR count). The SMILES string of the molecule is Nc1ccc(/C=N/N2CC(CN3CCOCC3)OC2=O)o1. The summed E-state index contributed by atoms with van der Waals surface area (Å²) in [7, 11) is 0. The number of carbonyl (C=O) groups is 1. The lowest BCUT2D eigenvalue weighted by atomic mass is 10.3. The van der Waals surface area contributed by atoms with E-state index in [-0.39, 0.29) is 6.10 Å². The van der Waals surface area contributed by atoms with Gasteiger partial charge < -0.3 is 19.6 Å². The highest BCUT2D eigenvalue weighted by Gasteiger charge is 2.32. The van der Waals surface area contributed by atoms with Crippen LogP contribution in [0.2, 0.25) is 0 Å². The lowest BCUT2D eigenvalue weighted by Gasteiger charge is -2.27. The van der Waals surface area contributed by atoms with Gasteiger partial charge >= 0.3 is 6.09 Å². The average Bonchev–Trinajstić information content (AvgIpc) is 3.04. The number of hydrogen-bond donors (Lipinski definition) is 1. The third-order valence-corrected chi connectivity index (χ3v) is 3.39. The van der Waals surface area contributed by atoms with E-state index in [4.69, 9.17) is 19.6 Å². The zero-order valence-corrected chi connectivity index (χ0v) is 11.6. The number of nitrogen functional groups attached to an aromatic ring is 1. The molecule has 21 heavy (non-hydrogen) atoms. The van der Waals surface area contributed by atoms with Gasteiger partial charge in [-0.1, -0.05) is 0 Å². The maximum atomic E-state index is 11.7. The summed E-state index contributed by atoms with van der Waals surface area (Å²) in [5, 5.41) is 5.37. The standard InChI is InChI=1S/C13H18N4O4/c14-12-2-1-10(20-12)7-15-17-9-11(21-13(17)18)8-16-3-5-19-6-4-16/h1-2,7,11H,3-6,8-9,14H2/b15-7+. The number of nitrogens with zero attached hydrogens (tertiary/aromatic N) is 3. The molecule has 0 spiro atoms. The maximum absolute atomic E-state index is 11.7. The summed E-state index contributed by atoms with van der Waals surface area (Å²) in [6.45, 7) is 4.31. The molecule has 0 aromatic carbocycles. The van der Waals surface area contributed by atoms with Crippen molar-refractivity contribution in [1.82, 2.24) is 9.91 Å². The molecule has 2 N–H and O–H groups in total. The van der Waals surface area contributed by atoms with E-state index < -0.39 is 6.09 Å². The Morgan fingerprint density at radius 3 is 2.90 bits per heavy atom. The van der Waals surface area contributed by atoms with Crippen molar-refractivity contribution in [2.45, 2.75) is 6.10 Å². The molecule has 114 valence electrons. The molecule has 8 heteroatoms. The van der Waals surface area contributed by atoms with Crippen LogP contribution in [0.25, 0.3) is 0 Å². The second-order valence-corrected chi connectivity index (χ2v) is 4.99. The number of rotatable bonds is 4. The van der Waals surface area contributed by atoms with Gasteiger partial charge in [-0.15, -0.1) is 0 Å². The Labute approximate surface area is 122 Å². The van der Waals surface area contributed by atoms with Crippen LogP contribution in [-0.4, -0.2) is 67.7 Å². The first-order valence-electron chi connectivity index (χ1n) is 6.88. The molecule has 2 aliphatic rings. The molecule has 0 saturated carbocycles.